The van der Waals surface area contributed by atoms with Crippen LogP contribution in [0.25, 0.3) is 0 Å². The van der Waals surface area contributed by atoms with Crippen LogP contribution in [0.4, 0.5) is 0 Å². The van der Waals surface area contributed by atoms with Gasteiger partial charge in [0.1, 0.15) is 0 Å². The average molecular weight is 199 g/mol. The molecule has 0 radical (unpaired) electrons. The number of hydrogen-bond acceptors (Lipinski definition) is 2. The second-order valence-corrected chi connectivity index (χ2v) is 5.00. The van der Waals surface area contributed by atoms with E-state index in [1.165, 1.54) is 19.3 Å². The second-order valence-electron chi connectivity index (χ2n) is 5.00. The minimum Gasteiger partial charge on any atom is -0.392 e. The van der Waals surface area contributed by atoms with Crippen molar-refractivity contribution >= 4 is 0 Å². The molecule has 0 spiro atoms. The molecule has 1 aliphatic heterocycles. The van der Waals surface area contributed by atoms with Crippen molar-refractivity contribution in [2.24, 2.45) is 5.92 Å². The lowest BCUT2D eigenvalue weighted by molar-refractivity contribution is 0.0564. The number of β-amino-alcohol motifs (C(OH)–C–C–N with tert-alkyl or cyclic N) is 1. The lowest BCUT2D eigenvalue weighted by Crippen LogP contribution is -2.41. The summed E-state index contributed by atoms with van der Waals surface area (Å²) in [5.41, 5.74) is 0. The van der Waals surface area contributed by atoms with Crippen LogP contribution in [-0.2, 0) is 0 Å². The van der Waals surface area contributed by atoms with Gasteiger partial charge in [0.25, 0.3) is 0 Å². The zero-order valence-electron chi connectivity index (χ0n) is 10.0. The van der Waals surface area contributed by atoms with E-state index in [9.17, 15) is 5.11 Å². The summed E-state index contributed by atoms with van der Waals surface area (Å²) in [6.07, 6.45) is 3.66. The molecule has 0 amide bonds. The molecule has 3 unspecified atom stereocenters. The summed E-state index contributed by atoms with van der Waals surface area (Å²) in [6, 6.07) is 1.37. The summed E-state index contributed by atoms with van der Waals surface area (Å²) in [6.45, 7) is 9.57. The van der Waals surface area contributed by atoms with E-state index in [1.54, 1.807) is 0 Å². The summed E-state index contributed by atoms with van der Waals surface area (Å²) < 4.78 is 0. The summed E-state index contributed by atoms with van der Waals surface area (Å²) in [4.78, 5) is 2.49. The molecule has 1 heterocycles. The molecule has 3 atom stereocenters. The highest BCUT2D eigenvalue weighted by Crippen LogP contribution is 2.26. The third-order valence-electron chi connectivity index (χ3n) is 3.59. The van der Waals surface area contributed by atoms with Gasteiger partial charge in [-0.3, -0.25) is 4.90 Å². The molecule has 1 saturated heterocycles. The van der Waals surface area contributed by atoms with E-state index in [0.29, 0.717) is 18.0 Å². The Morgan fingerprint density at radius 1 is 1.36 bits per heavy atom. The standard InChI is InChI=1S/C12H25NO/c1-5-11-7-6-10(4)13(11)8-12(14)9(2)3/h9-12,14H,5-8H2,1-4H3. The highest BCUT2D eigenvalue weighted by atomic mass is 16.3. The Morgan fingerprint density at radius 3 is 2.50 bits per heavy atom. The number of aliphatic hydroxyl groups excluding tert-OH is 1. The van der Waals surface area contributed by atoms with E-state index in [-0.39, 0.29) is 6.10 Å². The fourth-order valence-electron chi connectivity index (χ4n) is 2.32. The number of aliphatic hydroxyl groups is 1. The van der Waals surface area contributed by atoms with Crippen molar-refractivity contribution < 1.29 is 5.11 Å². The molecule has 0 aromatic carbocycles. The predicted octanol–water partition coefficient (Wildman–Crippen LogP) is 2.27. The Morgan fingerprint density at radius 2 is 2.00 bits per heavy atom. The van der Waals surface area contributed by atoms with Crippen molar-refractivity contribution in [2.45, 2.75) is 65.1 Å². The Kier molecular flexibility index (Phi) is 4.39. The molecule has 14 heavy (non-hydrogen) atoms. The van der Waals surface area contributed by atoms with Crippen LogP contribution in [0, 0.1) is 5.92 Å². The third-order valence-corrected chi connectivity index (χ3v) is 3.59. The molecule has 0 aromatic heterocycles. The van der Waals surface area contributed by atoms with Crippen molar-refractivity contribution in [1.29, 1.82) is 0 Å². The van der Waals surface area contributed by atoms with Gasteiger partial charge in [-0.2, -0.15) is 0 Å². The Labute approximate surface area is 88.3 Å². The van der Waals surface area contributed by atoms with Gasteiger partial charge in [0.15, 0.2) is 0 Å². The predicted molar refractivity (Wildman–Crippen MR) is 60.3 cm³/mol. The molecule has 1 rings (SSSR count). The van der Waals surface area contributed by atoms with Gasteiger partial charge in [-0.25, -0.2) is 0 Å². The second kappa shape index (κ2) is 5.13. The first kappa shape index (κ1) is 12.0. The Hall–Kier alpha value is -0.0800. The SMILES string of the molecule is CCC1CCC(C)N1CC(O)C(C)C. The molecule has 0 bridgehead atoms. The van der Waals surface area contributed by atoms with Crippen molar-refractivity contribution in [2.75, 3.05) is 6.54 Å². The van der Waals surface area contributed by atoms with Gasteiger partial charge in [-0.05, 0) is 32.1 Å². The molecule has 1 fully saturated rings. The smallest absolute Gasteiger partial charge is 0.0690 e. The number of nitrogens with zero attached hydrogens (tertiary/aromatic N) is 1. The van der Waals surface area contributed by atoms with Crippen LogP contribution in [0.2, 0.25) is 0 Å². The molecule has 84 valence electrons. The monoisotopic (exact) mass is 199 g/mol. The summed E-state index contributed by atoms with van der Waals surface area (Å²) in [5, 5.41) is 9.88. The summed E-state index contributed by atoms with van der Waals surface area (Å²) in [5.74, 6) is 0.375. The third kappa shape index (κ3) is 2.71. The molecular weight excluding hydrogens is 174 g/mol. The molecule has 0 aromatic rings. The van der Waals surface area contributed by atoms with Crippen LogP contribution in [0.1, 0.15) is 47.0 Å². The minimum absolute atomic E-state index is 0.162. The van der Waals surface area contributed by atoms with Crippen LogP contribution in [0.15, 0.2) is 0 Å². The fourth-order valence-corrected chi connectivity index (χ4v) is 2.32. The fraction of sp³-hybridized carbons (Fsp3) is 1.00. The molecule has 2 heteroatoms. The van der Waals surface area contributed by atoms with Crippen LogP contribution in [0.3, 0.4) is 0 Å². The van der Waals surface area contributed by atoms with Crippen molar-refractivity contribution in [3.8, 4) is 0 Å². The molecule has 1 N–H and O–H groups in total. The van der Waals surface area contributed by atoms with E-state index in [1.807, 2.05) is 0 Å². The van der Waals surface area contributed by atoms with Crippen molar-refractivity contribution in [3.05, 3.63) is 0 Å². The molecule has 0 saturated carbocycles. The lowest BCUT2D eigenvalue weighted by atomic mass is 10.1. The zero-order valence-corrected chi connectivity index (χ0v) is 10.0. The first-order valence-electron chi connectivity index (χ1n) is 6.00. The minimum atomic E-state index is -0.162. The van der Waals surface area contributed by atoms with Gasteiger partial charge in [0, 0.05) is 18.6 Å². The number of rotatable bonds is 4. The zero-order chi connectivity index (χ0) is 10.7. The first-order valence-corrected chi connectivity index (χ1v) is 6.00. The first-order chi connectivity index (χ1) is 6.56. The number of hydrogen-bond donors (Lipinski definition) is 1. The van der Waals surface area contributed by atoms with E-state index in [4.69, 9.17) is 0 Å². The summed E-state index contributed by atoms with van der Waals surface area (Å²) in [7, 11) is 0. The van der Waals surface area contributed by atoms with Gasteiger partial charge < -0.3 is 5.11 Å². The van der Waals surface area contributed by atoms with Crippen LogP contribution < -0.4 is 0 Å². The van der Waals surface area contributed by atoms with E-state index in [0.717, 1.165) is 6.54 Å². The maximum Gasteiger partial charge on any atom is 0.0690 e. The van der Waals surface area contributed by atoms with Crippen LogP contribution in [0.5, 0.6) is 0 Å². The lowest BCUT2D eigenvalue weighted by Gasteiger charge is -2.31. The highest BCUT2D eigenvalue weighted by molar-refractivity contribution is 4.86. The molecule has 1 aliphatic rings. The van der Waals surface area contributed by atoms with E-state index >= 15 is 0 Å². The number of likely N-dealkylation sites (tertiary alicyclic amines) is 1. The molecule has 2 nitrogen and oxygen atoms in total. The maximum absolute atomic E-state index is 9.88. The molecular formula is C12H25NO. The van der Waals surface area contributed by atoms with E-state index in [2.05, 4.69) is 32.6 Å². The largest absolute Gasteiger partial charge is 0.392 e. The van der Waals surface area contributed by atoms with Gasteiger partial charge in [-0.1, -0.05) is 20.8 Å². The van der Waals surface area contributed by atoms with Gasteiger partial charge in [0.2, 0.25) is 0 Å². The Bertz CT molecular complexity index is 170. The average Bonchev–Trinajstić information content (AvgIpc) is 2.47. The highest BCUT2D eigenvalue weighted by Gasteiger charge is 2.30. The van der Waals surface area contributed by atoms with E-state index < -0.39 is 0 Å². The molecule has 0 aliphatic carbocycles. The normalized spacial score (nSPS) is 31.3. The van der Waals surface area contributed by atoms with Gasteiger partial charge in [-0.15, -0.1) is 0 Å². The quantitative estimate of drug-likeness (QED) is 0.751. The van der Waals surface area contributed by atoms with Gasteiger partial charge >= 0.3 is 0 Å². The maximum atomic E-state index is 9.88. The Balaban J connectivity index is 2.48. The van der Waals surface area contributed by atoms with Crippen molar-refractivity contribution in [3.63, 3.8) is 0 Å². The topological polar surface area (TPSA) is 23.5 Å². The van der Waals surface area contributed by atoms with Crippen LogP contribution >= 0.6 is 0 Å². The van der Waals surface area contributed by atoms with Crippen molar-refractivity contribution in [1.82, 2.24) is 4.90 Å². The van der Waals surface area contributed by atoms with Gasteiger partial charge in [0.05, 0.1) is 6.10 Å². The van der Waals surface area contributed by atoms with Crippen LogP contribution in [-0.4, -0.2) is 34.7 Å². The summed E-state index contributed by atoms with van der Waals surface area (Å²) >= 11 is 0.